The predicted molar refractivity (Wildman–Crippen MR) is 102 cm³/mol. The third kappa shape index (κ3) is 5.01. The Bertz CT molecular complexity index is 928. The number of carbonyl (C=O) groups excluding carboxylic acids is 1. The van der Waals surface area contributed by atoms with Crippen molar-refractivity contribution in [3.05, 3.63) is 71.8 Å². The fraction of sp³-hybridized carbons (Fsp3) is 0.150. The second-order valence-electron chi connectivity index (χ2n) is 5.74. The Balaban J connectivity index is 1.67. The average Bonchev–Trinajstić information content (AvgIpc) is 2.64. The van der Waals surface area contributed by atoms with Crippen molar-refractivity contribution in [3.63, 3.8) is 0 Å². The molecular formula is C20H19FN4O2. The zero-order chi connectivity index (χ0) is 19.2. The van der Waals surface area contributed by atoms with E-state index in [0.717, 1.165) is 5.69 Å². The van der Waals surface area contributed by atoms with Crippen LogP contribution in [0, 0.1) is 12.7 Å². The molecule has 27 heavy (non-hydrogen) atoms. The number of ether oxygens (including phenoxy) is 1. The van der Waals surface area contributed by atoms with Crippen molar-refractivity contribution in [1.82, 2.24) is 9.97 Å². The maximum Gasteiger partial charge on any atom is 0.255 e. The summed E-state index contributed by atoms with van der Waals surface area (Å²) in [5, 5.41) is 5.95. The van der Waals surface area contributed by atoms with Gasteiger partial charge in [0.1, 0.15) is 17.5 Å². The van der Waals surface area contributed by atoms with Crippen molar-refractivity contribution < 1.29 is 13.9 Å². The number of halogens is 1. The monoisotopic (exact) mass is 366 g/mol. The highest BCUT2D eigenvalue weighted by Gasteiger charge is 2.07. The van der Waals surface area contributed by atoms with Gasteiger partial charge in [0.05, 0.1) is 6.61 Å². The molecule has 3 rings (SSSR count). The molecule has 1 heterocycles. The van der Waals surface area contributed by atoms with Gasteiger partial charge in [-0.25, -0.2) is 9.37 Å². The second-order valence-corrected chi connectivity index (χ2v) is 5.74. The van der Waals surface area contributed by atoms with Crippen LogP contribution in [0.25, 0.3) is 0 Å². The van der Waals surface area contributed by atoms with Gasteiger partial charge >= 0.3 is 0 Å². The molecule has 2 aromatic carbocycles. The molecule has 3 aromatic rings. The Morgan fingerprint density at radius 1 is 1.04 bits per heavy atom. The van der Waals surface area contributed by atoms with Gasteiger partial charge < -0.3 is 15.4 Å². The SMILES string of the molecule is CCOc1cc(Nc2ccc(NC(=O)c3ccc(F)cc3)cc2)nc(C)n1. The van der Waals surface area contributed by atoms with Gasteiger partial charge in [-0.05, 0) is 62.4 Å². The summed E-state index contributed by atoms with van der Waals surface area (Å²) in [5.74, 6) is 1.05. The Morgan fingerprint density at radius 3 is 2.37 bits per heavy atom. The number of anilines is 3. The number of hydrogen-bond acceptors (Lipinski definition) is 5. The first-order chi connectivity index (χ1) is 13.0. The molecule has 0 aliphatic carbocycles. The first kappa shape index (κ1) is 18.3. The molecule has 6 nitrogen and oxygen atoms in total. The molecule has 0 unspecified atom stereocenters. The lowest BCUT2D eigenvalue weighted by atomic mass is 10.2. The Morgan fingerprint density at radius 2 is 1.70 bits per heavy atom. The number of carbonyl (C=O) groups is 1. The smallest absolute Gasteiger partial charge is 0.255 e. The molecule has 0 aliphatic rings. The van der Waals surface area contributed by atoms with Gasteiger partial charge in [0.15, 0.2) is 0 Å². The van der Waals surface area contributed by atoms with Gasteiger partial charge in [0.25, 0.3) is 5.91 Å². The van der Waals surface area contributed by atoms with E-state index in [1.54, 1.807) is 25.1 Å². The number of aryl methyl sites for hydroxylation is 1. The molecule has 2 N–H and O–H groups in total. The van der Waals surface area contributed by atoms with Gasteiger partial charge in [-0.15, -0.1) is 0 Å². The molecule has 0 saturated carbocycles. The number of rotatable bonds is 6. The topological polar surface area (TPSA) is 76.1 Å². The summed E-state index contributed by atoms with van der Waals surface area (Å²) in [5.41, 5.74) is 1.82. The van der Waals surface area contributed by atoms with E-state index in [9.17, 15) is 9.18 Å². The largest absolute Gasteiger partial charge is 0.478 e. The summed E-state index contributed by atoms with van der Waals surface area (Å²) < 4.78 is 18.4. The van der Waals surface area contributed by atoms with Gasteiger partial charge in [0, 0.05) is 23.0 Å². The average molecular weight is 366 g/mol. The van der Waals surface area contributed by atoms with Gasteiger partial charge in [-0.3, -0.25) is 4.79 Å². The first-order valence-corrected chi connectivity index (χ1v) is 8.46. The van der Waals surface area contributed by atoms with E-state index in [2.05, 4.69) is 20.6 Å². The molecule has 0 aliphatic heterocycles. The molecule has 1 aromatic heterocycles. The van der Waals surface area contributed by atoms with Crippen LogP contribution in [0.15, 0.2) is 54.6 Å². The van der Waals surface area contributed by atoms with E-state index < -0.39 is 0 Å². The maximum absolute atomic E-state index is 12.9. The highest BCUT2D eigenvalue weighted by Crippen LogP contribution is 2.21. The predicted octanol–water partition coefficient (Wildman–Crippen LogP) is 4.32. The normalized spacial score (nSPS) is 10.3. The lowest BCUT2D eigenvalue weighted by Crippen LogP contribution is -2.11. The van der Waals surface area contributed by atoms with Crippen LogP contribution >= 0.6 is 0 Å². The molecule has 0 bridgehead atoms. The molecule has 7 heteroatoms. The van der Waals surface area contributed by atoms with E-state index in [-0.39, 0.29) is 11.7 Å². The van der Waals surface area contributed by atoms with Gasteiger partial charge in [-0.2, -0.15) is 4.98 Å². The summed E-state index contributed by atoms with van der Waals surface area (Å²) in [6.07, 6.45) is 0. The van der Waals surface area contributed by atoms with Crippen LogP contribution in [0.5, 0.6) is 5.88 Å². The van der Waals surface area contributed by atoms with E-state index in [4.69, 9.17) is 4.74 Å². The standard InChI is InChI=1S/C20H19FN4O2/c1-3-27-19-12-18(22-13(2)23-19)24-16-8-10-17(11-9-16)25-20(26)14-4-6-15(21)7-5-14/h4-12H,3H2,1-2H3,(H,25,26)(H,22,23,24). The summed E-state index contributed by atoms with van der Waals surface area (Å²) in [4.78, 5) is 20.7. The van der Waals surface area contributed by atoms with Crippen molar-refractivity contribution in [2.75, 3.05) is 17.2 Å². The molecule has 138 valence electrons. The highest BCUT2D eigenvalue weighted by atomic mass is 19.1. The van der Waals surface area contributed by atoms with E-state index in [0.29, 0.717) is 35.4 Å². The zero-order valence-corrected chi connectivity index (χ0v) is 15.0. The van der Waals surface area contributed by atoms with Crippen molar-refractivity contribution in [2.45, 2.75) is 13.8 Å². The van der Waals surface area contributed by atoms with Crippen molar-refractivity contribution in [1.29, 1.82) is 0 Å². The molecule has 0 fully saturated rings. The summed E-state index contributed by atoms with van der Waals surface area (Å²) >= 11 is 0. The van der Waals surface area contributed by atoms with Crippen molar-refractivity contribution >= 4 is 23.1 Å². The molecule has 0 spiro atoms. The fourth-order valence-electron chi connectivity index (χ4n) is 2.42. The van der Waals surface area contributed by atoms with E-state index >= 15 is 0 Å². The Labute approximate surface area is 156 Å². The summed E-state index contributed by atoms with van der Waals surface area (Å²) in [7, 11) is 0. The minimum absolute atomic E-state index is 0.302. The van der Waals surface area contributed by atoms with Crippen molar-refractivity contribution in [3.8, 4) is 5.88 Å². The third-order valence-corrected chi connectivity index (χ3v) is 3.63. The highest BCUT2D eigenvalue weighted by molar-refractivity contribution is 6.04. The van der Waals surface area contributed by atoms with Crippen LogP contribution in [-0.4, -0.2) is 22.5 Å². The number of nitrogens with one attached hydrogen (secondary N) is 2. The number of aromatic nitrogens is 2. The van der Waals surface area contributed by atoms with Crippen LogP contribution in [0.2, 0.25) is 0 Å². The molecule has 0 saturated heterocycles. The molecule has 0 radical (unpaired) electrons. The third-order valence-electron chi connectivity index (χ3n) is 3.63. The minimum atomic E-state index is -0.380. The first-order valence-electron chi connectivity index (χ1n) is 8.46. The lowest BCUT2D eigenvalue weighted by molar-refractivity contribution is 0.102. The number of nitrogens with zero attached hydrogens (tertiary/aromatic N) is 2. The Kier molecular flexibility index (Phi) is 5.61. The number of amides is 1. The zero-order valence-electron chi connectivity index (χ0n) is 15.0. The fourth-order valence-corrected chi connectivity index (χ4v) is 2.42. The van der Waals surface area contributed by atoms with E-state index in [1.165, 1.54) is 24.3 Å². The summed E-state index contributed by atoms with van der Waals surface area (Å²) in [6, 6.07) is 14.3. The lowest BCUT2D eigenvalue weighted by Gasteiger charge is -2.10. The number of hydrogen-bond donors (Lipinski definition) is 2. The Hall–Kier alpha value is -3.48. The van der Waals surface area contributed by atoms with Crippen LogP contribution < -0.4 is 15.4 Å². The van der Waals surface area contributed by atoms with Crippen LogP contribution in [0.4, 0.5) is 21.6 Å². The molecular weight excluding hydrogens is 347 g/mol. The van der Waals surface area contributed by atoms with E-state index in [1.807, 2.05) is 19.1 Å². The van der Waals surface area contributed by atoms with Crippen LogP contribution in [0.3, 0.4) is 0 Å². The van der Waals surface area contributed by atoms with Gasteiger partial charge in [0.2, 0.25) is 5.88 Å². The minimum Gasteiger partial charge on any atom is -0.478 e. The van der Waals surface area contributed by atoms with Crippen LogP contribution in [0.1, 0.15) is 23.1 Å². The van der Waals surface area contributed by atoms with Crippen LogP contribution in [-0.2, 0) is 0 Å². The second kappa shape index (κ2) is 8.27. The number of benzene rings is 2. The quantitative estimate of drug-likeness (QED) is 0.679. The maximum atomic E-state index is 12.9. The molecule has 0 atom stereocenters. The van der Waals surface area contributed by atoms with Crippen molar-refractivity contribution in [2.24, 2.45) is 0 Å². The summed E-state index contributed by atoms with van der Waals surface area (Å²) in [6.45, 7) is 4.21. The van der Waals surface area contributed by atoms with Gasteiger partial charge in [-0.1, -0.05) is 0 Å². The molecule has 1 amide bonds.